The van der Waals surface area contributed by atoms with Gasteiger partial charge in [-0.3, -0.25) is 0 Å². The normalized spacial score (nSPS) is 20.3. The van der Waals surface area contributed by atoms with Crippen molar-refractivity contribution >= 4 is 0 Å². The van der Waals surface area contributed by atoms with Crippen molar-refractivity contribution in [1.29, 1.82) is 0 Å². The van der Waals surface area contributed by atoms with Crippen molar-refractivity contribution in [3.63, 3.8) is 0 Å². The largest absolute Gasteiger partial charge is 0.383 e. The fourth-order valence-electron chi connectivity index (χ4n) is 2.55. The summed E-state index contributed by atoms with van der Waals surface area (Å²) >= 11 is 0. The molecule has 0 radical (unpaired) electrons. The van der Waals surface area contributed by atoms with Crippen molar-refractivity contribution in [3.8, 4) is 0 Å². The molecule has 0 fully saturated rings. The van der Waals surface area contributed by atoms with Crippen LogP contribution in [0.4, 0.5) is 4.39 Å². The van der Waals surface area contributed by atoms with E-state index in [1.54, 1.807) is 19.2 Å². The van der Waals surface area contributed by atoms with Crippen LogP contribution in [0.2, 0.25) is 0 Å². The summed E-state index contributed by atoms with van der Waals surface area (Å²) in [5.74, 6) is -0.0633. The summed E-state index contributed by atoms with van der Waals surface area (Å²) in [5, 5.41) is 3.56. The van der Waals surface area contributed by atoms with E-state index >= 15 is 0 Å². The molecule has 1 aromatic rings. The third kappa shape index (κ3) is 2.67. The molecule has 17 heavy (non-hydrogen) atoms. The van der Waals surface area contributed by atoms with Crippen molar-refractivity contribution in [2.45, 2.75) is 38.3 Å². The molecule has 1 aromatic carbocycles. The summed E-state index contributed by atoms with van der Waals surface area (Å²) in [6.45, 7) is 2.84. The molecule has 0 heterocycles. The van der Waals surface area contributed by atoms with Crippen LogP contribution < -0.4 is 5.32 Å². The maximum absolute atomic E-state index is 13.6. The van der Waals surface area contributed by atoms with Crippen molar-refractivity contribution in [1.82, 2.24) is 5.32 Å². The van der Waals surface area contributed by atoms with Crippen LogP contribution in [0.25, 0.3) is 0 Å². The zero-order valence-electron chi connectivity index (χ0n) is 10.5. The van der Waals surface area contributed by atoms with E-state index in [9.17, 15) is 4.39 Å². The molecular formula is C14H20FNO. The van der Waals surface area contributed by atoms with Crippen molar-refractivity contribution in [3.05, 3.63) is 35.1 Å². The second kappa shape index (κ2) is 5.61. The van der Waals surface area contributed by atoms with Gasteiger partial charge in [-0.2, -0.15) is 0 Å². The summed E-state index contributed by atoms with van der Waals surface area (Å²) in [6.07, 6.45) is 2.84. The average molecular weight is 237 g/mol. The van der Waals surface area contributed by atoms with E-state index in [0.717, 1.165) is 30.4 Å². The van der Waals surface area contributed by atoms with E-state index < -0.39 is 0 Å². The van der Waals surface area contributed by atoms with Crippen molar-refractivity contribution in [2.75, 3.05) is 13.7 Å². The SMILES string of the molecule is CCC(COC)NC1CCc2c(F)cccc21. The number of hydrogen-bond donors (Lipinski definition) is 1. The summed E-state index contributed by atoms with van der Waals surface area (Å²) in [5.41, 5.74) is 2.01. The third-order valence-electron chi connectivity index (χ3n) is 3.51. The molecule has 0 aliphatic heterocycles. The van der Waals surface area contributed by atoms with Gasteiger partial charge in [0.05, 0.1) is 6.61 Å². The Morgan fingerprint density at radius 3 is 3.06 bits per heavy atom. The van der Waals surface area contributed by atoms with E-state index in [0.29, 0.717) is 12.6 Å². The maximum atomic E-state index is 13.6. The van der Waals surface area contributed by atoms with Gasteiger partial charge in [-0.05, 0) is 36.5 Å². The van der Waals surface area contributed by atoms with Gasteiger partial charge < -0.3 is 10.1 Å². The van der Waals surface area contributed by atoms with Crippen LogP contribution in [0.5, 0.6) is 0 Å². The topological polar surface area (TPSA) is 21.3 Å². The van der Waals surface area contributed by atoms with Gasteiger partial charge in [0.25, 0.3) is 0 Å². The predicted molar refractivity (Wildman–Crippen MR) is 66.6 cm³/mol. The first-order valence-electron chi connectivity index (χ1n) is 6.28. The third-order valence-corrected chi connectivity index (χ3v) is 3.51. The number of rotatable bonds is 5. The second-order valence-corrected chi connectivity index (χ2v) is 4.63. The highest BCUT2D eigenvalue weighted by Gasteiger charge is 2.26. The number of benzene rings is 1. The maximum Gasteiger partial charge on any atom is 0.126 e. The lowest BCUT2D eigenvalue weighted by Crippen LogP contribution is -2.34. The van der Waals surface area contributed by atoms with Crippen LogP contribution in [-0.4, -0.2) is 19.8 Å². The number of halogens is 1. The molecule has 0 spiro atoms. The van der Waals surface area contributed by atoms with Gasteiger partial charge in [0.2, 0.25) is 0 Å². The highest BCUT2D eigenvalue weighted by molar-refractivity contribution is 5.35. The first-order chi connectivity index (χ1) is 8.26. The van der Waals surface area contributed by atoms with Crippen molar-refractivity contribution < 1.29 is 9.13 Å². The molecule has 2 nitrogen and oxygen atoms in total. The van der Waals surface area contributed by atoms with E-state index in [1.807, 2.05) is 6.07 Å². The molecule has 94 valence electrons. The number of nitrogens with one attached hydrogen (secondary N) is 1. The van der Waals surface area contributed by atoms with Gasteiger partial charge in [0.1, 0.15) is 5.82 Å². The lowest BCUT2D eigenvalue weighted by molar-refractivity contribution is 0.158. The minimum Gasteiger partial charge on any atom is -0.383 e. The number of fused-ring (bicyclic) bond motifs is 1. The quantitative estimate of drug-likeness (QED) is 0.850. The van der Waals surface area contributed by atoms with Gasteiger partial charge >= 0.3 is 0 Å². The Morgan fingerprint density at radius 1 is 1.53 bits per heavy atom. The predicted octanol–water partition coefficient (Wildman–Crippen LogP) is 2.83. The standard InChI is InChI=1S/C14H20FNO/c1-3-10(9-17-2)16-14-8-7-11-12(14)5-4-6-13(11)15/h4-6,10,14,16H,3,7-9H2,1-2H3. The van der Waals surface area contributed by atoms with Crippen LogP contribution in [0.3, 0.4) is 0 Å². The molecule has 0 saturated heterocycles. The second-order valence-electron chi connectivity index (χ2n) is 4.63. The Labute approximate surface area is 102 Å². The summed E-state index contributed by atoms with van der Waals surface area (Å²) < 4.78 is 18.8. The Kier molecular flexibility index (Phi) is 4.13. The molecule has 0 amide bonds. The zero-order chi connectivity index (χ0) is 12.3. The molecule has 1 aliphatic rings. The van der Waals surface area contributed by atoms with Crippen LogP contribution in [0.15, 0.2) is 18.2 Å². The van der Waals surface area contributed by atoms with Gasteiger partial charge in [-0.25, -0.2) is 4.39 Å². The number of methoxy groups -OCH3 is 1. The number of ether oxygens (including phenoxy) is 1. The highest BCUT2D eigenvalue weighted by Crippen LogP contribution is 2.33. The average Bonchev–Trinajstić information content (AvgIpc) is 2.73. The van der Waals surface area contributed by atoms with E-state index in [-0.39, 0.29) is 11.9 Å². The molecule has 1 N–H and O–H groups in total. The van der Waals surface area contributed by atoms with Crippen LogP contribution in [0.1, 0.15) is 36.9 Å². The Hall–Kier alpha value is -0.930. The van der Waals surface area contributed by atoms with E-state index in [1.165, 1.54) is 0 Å². The molecule has 2 rings (SSSR count). The lowest BCUT2D eigenvalue weighted by atomic mass is 10.1. The summed E-state index contributed by atoms with van der Waals surface area (Å²) in [6, 6.07) is 6.00. The van der Waals surface area contributed by atoms with Crippen LogP contribution in [0, 0.1) is 5.82 Å². The number of hydrogen-bond acceptors (Lipinski definition) is 2. The molecule has 0 aromatic heterocycles. The lowest BCUT2D eigenvalue weighted by Gasteiger charge is -2.22. The Morgan fingerprint density at radius 2 is 2.35 bits per heavy atom. The minimum atomic E-state index is -0.0633. The molecule has 0 bridgehead atoms. The minimum absolute atomic E-state index is 0.0633. The van der Waals surface area contributed by atoms with Crippen LogP contribution >= 0.6 is 0 Å². The van der Waals surface area contributed by atoms with E-state index in [2.05, 4.69) is 12.2 Å². The van der Waals surface area contributed by atoms with Gasteiger partial charge in [-0.15, -0.1) is 0 Å². The molecule has 2 unspecified atom stereocenters. The smallest absolute Gasteiger partial charge is 0.126 e. The fourth-order valence-corrected chi connectivity index (χ4v) is 2.55. The molecular weight excluding hydrogens is 217 g/mol. The molecule has 0 saturated carbocycles. The first-order valence-corrected chi connectivity index (χ1v) is 6.28. The Balaban J connectivity index is 2.09. The highest BCUT2D eigenvalue weighted by atomic mass is 19.1. The first kappa shape index (κ1) is 12.5. The summed E-state index contributed by atoms with van der Waals surface area (Å²) in [7, 11) is 1.71. The fraction of sp³-hybridized carbons (Fsp3) is 0.571. The van der Waals surface area contributed by atoms with Crippen molar-refractivity contribution in [2.24, 2.45) is 0 Å². The van der Waals surface area contributed by atoms with Gasteiger partial charge in [-0.1, -0.05) is 19.1 Å². The van der Waals surface area contributed by atoms with E-state index in [4.69, 9.17) is 4.74 Å². The molecule has 1 aliphatic carbocycles. The van der Waals surface area contributed by atoms with Gasteiger partial charge in [0.15, 0.2) is 0 Å². The van der Waals surface area contributed by atoms with Gasteiger partial charge in [0, 0.05) is 19.2 Å². The molecule has 2 atom stereocenters. The van der Waals surface area contributed by atoms with Crippen LogP contribution in [-0.2, 0) is 11.2 Å². The molecule has 3 heteroatoms. The monoisotopic (exact) mass is 237 g/mol. The summed E-state index contributed by atoms with van der Waals surface area (Å²) in [4.78, 5) is 0. The Bertz CT molecular complexity index is 380. The zero-order valence-corrected chi connectivity index (χ0v) is 10.5.